The molecule has 2 aliphatic rings. The van der Waals surface area contributed by atoms with Gasteiger partial charge in [-0.05, 0) is 17.7 Å². The average molecular weight is 365 g/mol. The van der Waals surface area contributed by atoms with Crippen molar-refractivity contribution in [3.63, 3.8) is 0 Å². The van der Waals surface area contributed by atoms with Crippen LogP contribution in [0.4, 0.5) is 14.6 Å². The van der Waals surface area contributed by atoms with Gasteiger partial charge in [-0.1, -0.05) is 6.07 Å². The Morgan fingerprint density at radius 3 is 2.96 bits per heavy atom. The molecule has 7 nitrogen and oxygen atoms in total. The molecular formula is C17H17F2N3O4. The molecule has 3 heterocycles. The number of hydrogen-bond donors (Lipinski definition) is 0. The third kappa shape index (κ3) is 2.78. The molecule has 0 radical (unpaired) electrons. The first-order valence-corrected chi connectivity index (χ1v) is 8.18. The van der Waals surface area contributed by atoms with Gasteiger partial charge in [0.05, 0.1) is 32.9 Å². The summed E-state index contributed by atoms with van der Waals surface area (Å²) in [7, 11) is 1.47. The molecule has 1 aromatic carbocycles. The predicted molar refractivity (Wildman–Crippen MR) is 87.7 cm³/mol. The van der Waals surface area contributed by atoms with Crippen molar-refractivity contribution >= 4 is 5.82 Å². The molecule has 1 aromatic heterocycles. The molecule has 138 valence electrons. The summed E-state index contributed by atoms with van der Waals surface area (Å²) in [6.45, 7) is 2.11. The van der Waals surface area contributed by atoms with Gasteiger partial charge in [-0.3, -0.25) is 4.57 Å². The van der Waals surface area contributed by atoms with Crippen molar-refractivity contribution in [2.75, 3.05) is 31.8 Å². The van der Waals surface area contributed by atoms with Crippen molar-refractivity contribution in [3.05, 3.63) is 45.9 Å². The summed E-state index contributed by atoms with van der Waals surface area (Å²) in [5.74, 6) is -0.909. The molecule has 9 heteroatoms. The fraction of sp³-hybridized carbons (Fsp3) is 0.412. The zero-order valence-corrected chi connectivity index (χ0v) is 14.1. The lowest BCUT2D eigenvalue weighted by Crippen LogP contribution is -2.43. The number of nitrogens with zero attached hydrogens (tertiary/aromatic N) is 3. The monoisotopic (exact) mass is 365 g/mol. The fourth-order valence-corrected chi connectivity index (χ4v) is 3.31. The normalized spacial score (nSPS) is 18.4. The first-order chi connectivity index (χ1) is 12.6. The smallest absolute Gasteiger partial charge is 0.352 e. The number of ether oxygens (including phenoxy) is 3. The highest BCUT2D eigenvalue weighted by Gasteiger charge is 2.37. The first-order valence-electron chi connectivity index (χ1n) is 8.18. The highest BCUT2D eigenvalue weighted by Crippen LogP contribution is 2.40. The number of hydrogen-bond acceptors (Lipinski definition) is 6. The van der Waals surface area contributed by atoms with Gasteiger partial charge in [0.1, 0.15) is 6.61 Å². The van der Waals surface area contributed by atoms with Crippen LogP contribution in [0.1, 0.15) is 5.56 Å². The van der Waals surface area contributed by atoms with Gasteiger partial charge in [-0.25, -0.2) is 13.6 Å². The van der Waals surface area contributed by atoms with Crippen LogP contribution >= 0.6 is 0 Å². The maximum atomic E-state index is 13.3. The van der Waals surface area contributed by atoms with Gasteiger partial charge in [0, 0.05) is 6.54 Å². The standard InChI is InChI=1S/C17H17F2N3O4/c1-24-14-15(26-8-10-2-3-12(18)13(19)6-10)20-17(23)22-7-11-9-25-5-4-21(11)16(14)22/h2-3,6,11H,4-5,7-9H2,1H3. The molecule has 2 aromatic rings. The zero-order valence-electron chi connectivity index (χ0n) is 14.1. The largest absolute Gasteiger partial charge is 0.489 e. The van der Waals surface area contributed by atoms with E-state index < -0.39 is 17.3 Å². The number of morpholine rings is 1. The summed E-state index contributed by atoms with van der Waals surface area (Å²) in [6, 6.07) is 3.52. The summed E-state index contributed by atoms with van der Waals surface area (Å²) in [5, 5.41) is 0. The fourth-order valence-electron chi connectivity index (χ4n) is 3.31. The van der Waals surface area contributed by atoms with Crippen molar-refractivity contribution in [2.45, 2.75) is 19.2 Å². The van der Waals surface area contributed by atoms with Crippen LogP contribution in [-0.4, -0.2) is 42.5 Å². The van der Waals surface area contributed by atoms with Crippen LogP contribution < -0.4 is 20.1 Å². The van der Waals surface area contributed by atoms with E-state index in [1.807, 2.05) is 0 Å². The lowest BCUT2D eigenvalue weighted by Gasteiger charge is -2.31. The van der Waals surface area contributed by atoms with Crippen LogP contribution in [0.2, 0.25) is 0 Å². The van der Waals surface area contributed by atoms with Crippen molar-refractivity contribution < 1.29 is 23.0 Å². The average Bonchev–Trinajstić information content (AvgIpc) is 3.03. The molecule has 0 saturated carbocycles. The molecule has 0 aliphatic carbocycles. The highest BCUT2D eigenvalue weighted by molar-refractivity contribution is 5.61. The van der Waals surface area contributed by atoms with Crippen molar-refractivity contribution in [2.24, 2.45) is 0 Å². The Labute approximate surface area is 147 Å². The van der Waals surface area contributed by atoms with Gasteiger partial charge in [-0.2, -0.15) is 4.98 Å². The minimum absolute atomic E-state index is 0.0284. The quantitative estimate of drug-likeness (QED) is 0.815. The molecule has 2 aliphatic heterocycles. The molecule has 0 N–H and O–H groups in total. The maximum absolute atomic E-state index is 13.3. The van der Waals surface area contributed by atoms with E-state index in [-0.39, 0.29) is 18.5 Å². The number of halogens is 2. The topological polar surface area (TPSA) is 65.8 Å². The first kappa shape index (κ1) is 16.8. The van der Waals surface area contributed by atoms with Gasteiger partial charge in [0.2, 0.25) is 5.75 Å². The van der Waals surface area contributed by atoms with E-state index in [4.69, 9.17) is 14.2 Å². The Balaban J connectivity index is 1.66. The number of methoxy groups -OCH3 is 1. The van der Waals surface area contributed by atoms with E-state index in [0.717, 1.165) is 12.1 Å². The summed E-state index contributed by atoms with van der Waals surface area (Å²) >= 11 is 0. The number of benzene rings is 1. The van der Waals surface area contributed by atoms with Crippen LogP contribution in [0.3, 0.4) is 0 Å². The Bertz CT molecular complexity index is 902. The van der Waals surface area contributed by atoms with E-state index in [2.05, 4.69) is 9.88 Å². The third-order valence-electron chi connectivity index (χ3n) is 4.54. The zero-order chi connectivity index (χ0) is 18.3. The minimum atomic E-state index is -0.962. The van der Waals surface area contributed by atoms with Crippen molar-refractivity contribution in [1.29, 1.82) is 0 Å². The SMILES string of the molecule is COc1c(OCc2ccc(F)c(F)c2)nc(=O)n2c1N1CCOCC1C2. The number of anilines is 1. The second-order valence-corrected chi connectivity index (χ2v) is 6.13. The molecule has 0 bridgehead atoms. The van der Waals surface area contributed by atoms with Crippen molar-refractivity contribution in [3.8, 4) is 11.6 Å². The van der Waals surface area contributed by atoms with Crippen molar-refractivity contribution in [1.82, 2.24) is 9.55 Å². The number of aromatic nitrogens is 2. The summed E-state index contributed by atoms with van der Waals surface area (Å²) < 4.78 is 44.4. The van der Waals surface area contributed by atoms with E-state index in [1.54, 1.807) is 4.57 Å². The molecule has 4 rings (SSSR count). The lowest BCUT2D eigenvalue weighted by atomic mass is 10.2. The lowest BCUT2D eigenvalue weighted by molar-refractivity contribution is 0.0955. The van der Waals surface area contributed by atoms with Gasteiger partial charge >= 0.3 is 5.69 Å². The molecule has 1 fully saturated rings. The maximum Gasteiger partial charge on any atom is 0.352 e. The van der Waals surface area contributed by atoms with Crippen LogP contribution in [0, 0.1) is 11.6 Å². The molecule has 1 unspecified atom stereocenters. The van der Waals surface area contributed by atoms with Gasteiger partial charge in [0.15, 0.2) is 17.5 Å². The summed E-state index contributed by atoms with van der Waals surface area (Å²) in [4.78, 5) is 18.4. The van der Waals surface area contributed by atoms with E-state index in [9.17, 15) is 13.6 Å². The molecule has 0 spiro atoms. The Morgan fingerprint density at radius 1 is 1.35 bits per heavy atom. The Kier molecular flexibility index (Phi) is 4.23. The summed E-state index contributed by atoms with van der Waals surface area (Å²) in [5.41, 5.74) is -0.0342. The minimum Gasteiger partial charge on any atom is -0.489 e. The van der Waals surface area contributed by atoms with Gasteiger partial charge in [0.25, 0.3) is 5.88 Å². The number of fused-ring (bicyclic) bond motifs is 3. The van der Waals surface area contributed by atoms with Gasteiger partial charge < -0.3 is 19.1 Å². The van der Waals surface area contributed by atoms with Crippen LogP contribution in [0.5, 0.6) is 11.6 Å². The Hall–Kier alpha value is -2.68. The second kappa shape index (κ2) is 6.56. The third-order valence-corrected chi connectivity index (χ3v) is 4.54. The Morgan fingerprint density at radius 2 is 2.19 bits per heavy atom. The molecule has 26 heavy (non-hydrogen) atoms. The molecule has 1 atom stereocenters. The van der Waals surface area contributed by atoms with E-state index in [0.29, 0.717) is 43.4 Å². The summed E-state index contributed by atoms with van der Waals surface area (Å²) in [6.07, 6.45) is 0. The van der Waals surface area contributed by atoms with Crippen LogP contribution in [-0.2, 0) is 17.9 Å². The van der Waals surface area contributed by atoms with Gasteiger partial charge in [-0.15, -0.1) is 0 Å². The molecule has 0 amide bonds. The number of rotatable bonds is 4. The molecule has 1 saturated heterocycles. The molecular weight excluding hydrogens is 348 g/mol. The van der Waals surface area contributed by atoms with E-state index >= 15 is 0 Å². The highest BCUT2D eigenvalue weighted by atomic mass is 19.2. The predicted octanol–water partition coefficient (Wildman–Crippen LogP) is 1.33. The van der Waals surface area contributed by atoms with Crippen LogP contribution in [0.15, 0.2) is 23.0 Å². The second-order valence-electron chi connectivity index (χ2n) is 6.13. The van der Waals surface area contributed by atoms with E-state index in [1.165, 1.54) is 13.2 Å². The van der Waals surface area contributed by atoms with Crippen LogP contribution in [0.25, 0.3) is 0 Å².